The molecule has 1 N–H and O–H groups in total. The Hall–Kier alpha value is -2.93. The molecule has 1 amide bonds. The molecule has 5 rings (SSSR count). The number of hydrogen-bond donors (Lipinski definition) is 1. The van der Waals surface area contributed by atoms with Crippen molar-refractivity contribution in [1.82, 2.24) is 4.90 Å². The first-order valence-electron chi connectivity index (χ1n) is 10.9. The molecule has 3 aromatic rings. The Morgan fingerprint density at radius 1 is 1.12 bits per heavy atom. The van der Waals surface area contributed by atoms with Gasteiger partial charge in [0.15, 0.2) is 0 Å². The molecule has 0 unspecified atom stereocenters. The maximum atomic E-state index is 12.8. The number of rotatable bonds is 6. The summed E-state index contributed by atoms with van der Waals surface area (Å²) in [5, 5.41) is 7.17. The number of anilines is 1. The average Bonchev–Trinajstić information content (AvgIpc) is 3.47. The van der Waals surface area contributed by atoms with Crippen molar-refractivity contribution in [3.05, 3.63) is 69.9 Å². The van der Waals surface area contributed by atoms with Crippen LogP contribution in [0.25, 0.3) is 22.8 Å². The Kier molecular flexibility index (Phi) is 6.08. The Labute approximate surface area is 192 Å². The van der Waals surface area contributed by atoms with Gasteiger partial charge in [-0.3, -0.25) is 9.69 Å². The van der Waals surface area contributed by atoms with E-state index >= 15 is 0 Å². The highest BCUT2D eigenvalue weighted by molar-refractivity contribution is 7.08. The molecule has 0 bridgehead atoms. The number of amides is 1. The number of benzene rings is 2. The van der Waals surface area contributed by atoms with Crippen LogP contribution in [-0.2, 0) is 16.0 Å². The van der Waals surface area contributed by atoms with Crippen LogP contribution in [0.2, 0.25) is 0 Å². The predicted octanol–water partition coefficient (Wildman–Crippen LogP) is 4.79. The van der Waals surface area contributed by atoms with E-state index in [-0.39, 0.29) is 5.91 Å². The zero-order chi connectivity index (χ0) is 21.9. The van der Waals surface area contributed by atoms with Crippen molar-refractivity contribution in [3.63, 3.8) is 0 Å². The van der Waals surface area contributed by atoms with Crippen LogP contribution in [0.5, 0.6) is 5.75 Å². The highest BCUT2D eigenvalue weighted by Crippen LogP contribution is 2.36. The summed E-state index contributed by atoms with van der Waals surface area (Å²) in [5.41, 5.74) is 6.92. The monoisotopic (exact) mass is 446 g/mol. The largest absolute Gasteiger partial charge is 0.496 e. The molecule has 6 heteroatoms. The van der Waals surface area contributed by atoms with Crippen molar-refractivity contribution in [2.75, 3.05) is 45.3 Å². The molecule has 0 aliphatic carbocycles. The SMILES string of the molecule is COc1ccc(C=C2C(=O)Nc3ccc(CCN4CCOCC4)cc32)cc1-c1ccsc1. The van der Waals surface area contributed by atoms with Crippen molar-refractivity contribution < 1.29 is 14.3 Å². The summed E-state index contributed by atoms with van der Waals surface area (Å²) in [6.07, 6.45) is 2.93. The second-order valence-electron chi connectivity index (χ2n) is 8.07. The third-order valence-corrected chi connectivity index (χ3v) is 6.74. The molecule has 5 nitrogen and oxygen atoms in total. The Morgan fingerprint density at radius 2 is 2.00 bits per heavy atom. The van der Waals surface area contributed by atoms with Gasteiger partial charge >= 0.3 is 0 Å². The van der Waals surface area contributed by atoms with E-state index in [9.17, 15) is 4.79 Å². The van der Waals surface area contributed by atoms with Crippen LogP contribution in [-0.4, -0.2) is 50.8 Å². The number of nitrogens with one attached hydrogen (secondary N) is 1. The van der Waals surface area contributed by atoms with E-state index in [0.29, 0.717) is 5.57 Å². The van der Waals surface area contributed by atoms with E-state index in [4.69, 9.17) is 9.47 Å². The van der Waals surface area contributed by atoms with E-state index < -0.39 is 0 Å². The van der Waals surface area contributed by atoms with Crippen molar-refractivity contribution in [1.29, 1.82) is 0 Å². The van der Waals surface area contributed by atoms with Gasteiger partial charge in [-0.2, -0.15) is 11.3 Å². The molecule has 3 heterocycles. The van der Waals surface area contributed by atoms with E-state index in [1.54, 1.807) is 18.4 Å². The molecule has 0 saturated carbocycles. The summed E-state index contributed by atoms with van der Waals surface area (Å²) in [6, 6.07) is 14.4. The standard InChI is InChI=1S/C26H26N2O3S/c1-30-25-5-3-19(15-21(25)20-7-13-32-17-20)16-23-22-14-18(2-4-24(22)27-26(23)29)6-8-28-9-11-31-12-10-28/h2-5,7,13-17H,6,8-12H2,1H3,(H,27,29). The molecule has 2 aliphatic rings. The van der Waals surface area contributed by atoms with Crippen LogP contribution < -0.4 is 10.1 Å². The molecule has 164 valence electrons. The fourth-order valence-corrected chi connectivity index (χ4v) is 4.93. The zero-order valence-electron chi connectivity index (χ0n) is 18.1. The smallest absolute Gasteiger partial charge is 0.256 e. The van der Waals surface area contributed by atoms with Gasteiger partial charge in [-0.05, 0) is 70.3 Å². The van der Waals surface area contributed by atoms with Crippen LogP contribution in [0.3, 0.4) is 0 Å². The molecule has 1 fully saturated rings. The van der Waals surface area contributed by atoms with Gasteiger partial charge in [-0.1, -0.05) is 12.1 Å². The molecule has 2 aromatic carbocycles. The molecule has 0 spiro atoms. The number of methoxy groups -OCH3 is 1. The average molecular weight is 447 g/mol. The summed E-state index contributed by atoms with van der Waals surface area (Å²) in [6.45, 7) is 4.60. The molecule has 1 aromatic heterocycles. The number of nitrogens with zero attached hydrogens (tertiary/aromatic N) is 1. The van der Waals surface area contributed by atoms with Gasteiger partial charge in [-0.15, -0.1) is 0 Å². The highest BCUT2D eigenvalue weighted by Gasteiger charge is 2.24. The number of hydrogen-bond acceptors (Lipinski definition) is 5. The minimum atomic E-state index is -0.0572. The lowest BCUT2D eigenvalue weighted by Gasteiger charge is -2.26. The number of carbonyl (C=O) groups excluding carboxylic acids is 1. The van der Waals surface area contributed by atoms with Gasteiger partial charge in [0.2, 0.25) is 0 Å². The maximum Gasteiger partial charge on any atom is 0.256 e. The summed E-state index contributed by atoms with van der Waals surface area (Å²) in [5.74, 6) is 0.769. The van der Waals surface area contributed by atoms with Crippen LogP contribution in [0, 0.1) is 0 Å². The first-order chi connectivity index (χ1) is 15.7. The third-order valence-electron chi connectivity index (χ3n) is 6.05. The van der Waals surface area contributed by atoms with Crippen LogP contribution in [0.1, 0.15) is 16.7 Å². The third kappa shape index (κ3) is 4.35. The van der Waals surface area contributed by atoms with Crippen LogP contribution >= 0.6 is 11.3 Å². The Balaban J connectivity index is 1.42. The first-order valence-corrected chi connectivity index (χ1v) is 11.8. The van der Waals surface area contributed by atoms with Crippen molar-refractivity contribution in [2.45, 2.75) is 6.42 Å². The second kappa shape index (κ2) is 9.28. The fraction of sp³-hybridized carbons (Fsp3) is 0.269. The van der Waals surface area contributed by atoms with Gasteiger partial charge in [0.25, 0.3) is 5.91 Å². The molecule has 0 atom stereocenters. The topological polar surface area (TPSA) is 50.8 Å². The number of thiophene rings is 1. The van der Waals surface area contributed by atoms with E-state index in [1.165, 1.54) is 5.56 Å². The first kappa shape index (κ1) is 20.9. The van der Waals surface area contributed by atoms with Crippen LogP contribution in [0.15, 0.2) is 53.2 Å². The number of carbonyl (C=O) groups is 1. The molecule has 32 heavy (non-hydrogen) atoms. The summed E-state index contributed by atoms with van der Waals surface area (Å²) in [7, 11) is 1.68. The Morgan fingerprint density at radius 3 is 2.78 bits per heavy atom. The minimum Gasteiger partial charge on any atom is -0.496 e. The number of fused-ring (bicyclic) bond motifs is 1. The van der Waals surface area contributed by atoms with Gasteiger partial charge in [0.05, 0.1) is 20.3 Å². The fourth-order valence-electron chi connectivity index (χ4n) is 4.27. The van der Waals surface area contributed by atoms with E-state index in [0.717, 1.165) is 73.0 Å². The minimum absolute atomic E-state index is 0.0572. The number of ether oxygens (including phenoxy) is 2. The van der Waals surface area contributed by atoms with Gasteiger partial charge in [-0.25, -0.2) is 0 Å². The summed E-state index contributed by atoms with van der Waals surface area (Å²) < 4.78 is 11.0. The highest BCUT2D eigenvalue weighted by atomic mass is 32.1. The maximum absolute atomic E-state index is 12.8. The second-order valence-corrected chi connectivity index (χ2v) is 8.85. The molecule has 0 radical (unpaired) electrons. The lowest BCUT2D eigenvalue weighted by molar-refractivity contribution is -0.110. The van der Waals surface area contributed by atoms with Crippen molar-refractivity contribution >= 4 is 34.6 Å². The normalized spacial score (nSPS) is 17.4. The van der Waals surface area contributed by atoms with Crippen molar-refractivity contribution in [3.8, 4) is 16.9 Å². The number of morpholine rings is 1. The van der Waals surface area contributed by atoms with Crippen LogP contribution in [0.4, 0.5) is 5.69 Å². The van der Waals surface area contributed by atoms with Gasteiger partial charge in [0.1, 0.15) is 5.75 Å². The van der Waals surface area contributed by atoms with Gasteiger partial charge in [0, 0.05) is 42.0 Å². The van der Waals surface area contributed by atoms with Crippen molar-refractivity contribution in [2.24, 2.45) is 0 Å². The molecular formula is C26H26N2O3S. The zero-order valence-corrected chi connectivity index (χ0v) is 18.9. The lowest BCUT2D eigenvalue weighted by Crippen LogP contribution is -2.37. The van der Waals surface area contributed by atoms with E-state index in [1.807, 2.05) is 24.3 Å². The summed E-state index contributed by atoms with van der Waals surface area (Å²) >= 11 is 1.65. The molecule has 1 saturated heterocycles. The molecule has 2 aliphatic heterocycles. The van der Waals surface area contributed by atoms with Gasteiger partial charge < -0.3 is 14.8 Å². The quantitative estimate of drug-likeness (QED) is 0.553. The van der Waals surface area contributed by atoms with E-state index in [2.05, 4.69) is 45.2 Å². The Bertz CT molecular complexity index is 1150. The lowest BCUT2D eigenvalue weighted by atomic mass is 9.98. The molecular weight excluding hydrogens is 420 g/mol. The summed E-state index contributed by atoms with van der Waals surface area (Å²) in [4.78, 5) is 15.2. The predicted molar refractivity (Wildman–Crippen MR) is 130 cm³/mol.